The third-order valence-corrected chi connectivity index (χ3v) is 4.71. The molecule has 0 aromatic heterocycles. The third-order valence-electron chi connectivity index (χ3n) is 4.71. The van der Waals surface area contributed by atoms with Crippen molar-refractivity contribution in [1.82, 2.24) is 10.2 Å². The van der Waals surface area contributed by atoms with Crippen LogP contribution in [0.25, 0.3) is 0 Å². The first-order chi connectivity index (χ1) is 9.82. The largest absolute Gasteiger partial charge is 0.481 e. The van der Waals surface area contributed by atoms with Gasteiger partial charge in [0.2, 0.25) is 5.91 Å². The van der Waals surface area contributed by atoms with E-state index in [9.17, 15) is 14.4 Å². The fraction of sp³-hybridized carbons (Fsp3) is 0.786. The van der Waals surface area contributed by atoms with Gasteiger partial charge in [0.15, 0.2) is 0 Å². The summed E-state index contributed by atoms with van der Waals surface area (Å²) < 4.78 is 0. The Bertz CT molecular complexity index is 454. The van der Waals surface area contributed by atoms with Gasteiger partial charge in [-0.15, -0.1) is 0 Å². The van der Waals surface area contributed by atoms with Crippen molar-refractivity contribution in [3.05, 3.63) is 0 Å². The van der Waals surface area contributed by atoms with E-state index in [4.69, 9.17) is 10.8 Å². The number of aliphatic carboxylic acids is 1. The zero-order chi connectivity index (χ0) is 15.6. The van der Waals surface area contributed by atoms with Crippen LogP contribution in [0.1, 0.15) is 39.0 Å². The van der Waals surface area contributed by atoms with Crippen LogP contribution in [0, 0.1) is 11.3 Å². The van der Waals surface area contributed by atoms with Gasteiger partial charge in [-0.1, -0.05) is 6.42 Å². The van der Waals surface area contributed by atoms with Gasteiger partial charge in [0.1, 0.15) is 0 Å². The SMILES string of the molecule is CC1(C(N)=O)CCN(C(=O)NC2CCCC(C(=O)O)C2)C1. The summed E-state index contributed by atoms with van der Waals surface area (Å²) in [6, 6.07) is -0.330. The zero-order valence-electron chi connectivity index (χ0n) is 12.3. The lowest BCUT2D eigenvalue weighted by molar-refractivity contribution is -0.143. The van der Waals surface area contributed by atoms with E-state index in [1.54, 1.807) is 11.8 Å². The molecule has 0 aromatic rings. The van der Waals surface area contributed by atoms with Crippen LogP contribution in [0.2, 0.25) is 0 Å². The molecular formula is C14H23N3O4. The van der Waals surface area contributed by atoms with Crippen LogP contribution >= 0.6 is 0 Å². The molecule has 2 rings (SSSR count). The first kappa shape index (κ1) is 15.6. The fourth-order valence-corrected chi connectivity index (χ4v) is 3.15. The number of urea groups is 1. The maximum Gasteiger partial charge on any atom is 0.317 e. The molecule has 3 amide bonds. The second-order valence-electron chi connectivity index (χ2n) is 6.44. The highest BCUT2D eigenvalue weighted by Crippen LogP contribution is 2.30. The van der Waals surface area contributed by atoms with Crippen molar-refractivity contribution in [1.29, 1.82) is 0 Å². The van der Waals surface area contributed by atoms with Crippen LogP contribution in [0.5, 0.6) is 0 Å². The van der Waals surface area contributed by atoms with Crippen molar-refractivity contribution >= 4 is 17.9 Å². The second kappa shape index (κ2) is 5.91. The molecule has 0 bridgehead atoms. The highest BCUT2D eigenvalue weighted by molar-refractivity contribution is 5.83. The standard InChI is InChI=1S/C14H23N3O4/c1-14(12(15)20)5-6-17(8-14)13(21)16-10-4-2-3-9(7-10)11(18)19/h9-10H,2-8H2,1H3,(H2,15,20)(H,16,21)(H,18,19). The van der Waals surface area contributed by atoms with Gasteiger partial charge in [0, 0.05) is 19.1 Å². The van der Waals surface area contributed by atoms with E-state index in [1.807, 2.05) is 0 Å². The summed E-state index contributed by atoms with van der Waals surface area (Å²) in [7, 11) is 0. The van der Waals surface area contributed by atoms with E-state index >= 15 is 0 Å². The number of rotatable bonds is 3. The molecule has 3 atom stereocenters. The number of likely N-dealkylation sites (tertiary alicyclic amines) is 1. The molecule has 2 aliphatic rings. The second-order valence-corrected chi connectivity index (χ2v) is 6.44. The average molecular weight is 297 g/mol. The molecule has 3 unspecified atom stereocenters. The Hall–Kier alpha value is -1.79. The van der Waals surface area contributed by atoms with E-state index < -0.39 is 11.4 Å². The lowest BCUT2D eigenvalue weighted by Gasteiger charge is -2.29. The highest BCUT2D eigenvalue weighted by Gasteiger charge is 2.41. The molecule has 7 heteroatoms. The minimum absolute atomic E-state index is 0.104. The predicted octanol–water partition coefficient (Wildman–Crippen LogP) is 0.537. The van der Waals surface area contributed by atoms with E-state index in [2.05, 4.69) is 5.32 Å². The lowest BCUT2D eigenvalue weighted by atomic mass is 9.86. The maximum absolute atomic E-state index is 12.2. The smallest absolute Gasteiger partial charge is 0.317 e. The van der Waals surface area contributed by atoms with Crippen molar-refractivity contribution in [3.63, 3.8) is 0 Å². The van der Waals surface area contributed by atoms with Crippen LogP contribution in [-0.2, 0) is 9.59 Å². The predicted molar refractivity (Wildman–Crippen MR) is 75.4 cm³/mol. The minimum atomic E-state index is -0.795. The molecule has 7 nitrogen and oxygen atoms in total. The molecule has 0 aromatic carbocycles. The molecule has 0 spiro atoms. The number of amides is 3. The normalized spacial score (nSPS) is 32.7. The topological polar surface area (TPSA) is 113 Å². The van der Waals surface area contributed by atoms with Crippen LogP contribution < -0.4 is 11.1 Å². The third kappa shape index (κ3) is 3.46. The molecule has 1 heterocycles. The monoisotopic (exact) mass is 297 g/mol. The number of nitrogens with zero attached hydrogens (tertiary/aromatic N) is 1. The molecule has 0 radical (unpaired) electrons. The minimum Gasteiger partial charge on any atom is -0.481 e. The molecule has 1 saturated heterocycles. The maximum atomic E-state index is 12.2. The Labute approximate surface area is 123 Å². The fourth-order valence-electron chi connectivity index (χ4n) is 3.15. The molecule has 118 valence electrons. The molecule has 4 N–H and O–H groups in total. The number of carbonyl (C=O) groups excluding carboxylic acids is 2. The van der Waals surface area contributed by atoms with Crippen LogP contribution in [0.4, 0.5) is 4.79 Å². The van der Waals surface area contributed by atoms with Crippen LogP contribution in [0.15, 0.2) is 0 Å². The summed E-state index contributed by atoms with van der Waals surface area (Å²) in [6.07, 6.45) is 3.32. The van der Waals surface area contributed by atoms with Crippen molar-refractivity contribution in [3.8, 4) is 0 Å². The Morgan fingerprint density at radius 3 is 2.62 bits per heavy atom. The number of nitrogens with two attached hydrogens (primary N) is 1. The number of primary amides is 1. The molecule has 1 aliphatic heterocycles. The first-order valence-corrected chi connectivity index (χ1v) is 7.40. The lowest BCUT2D eigenvalue weighted by Crippen LogP contribution is -2.47. The summed E-state index contributed by atoms with van der Waals surface area (Å²) in [5, 5.41) is 12.0. The van der Waals surface area contributed by atoms with Crippen LogP contribution in [0.3, 0.4) is 0 Å². The number of hydrogen-bond acceptors (Lipinski definition) is 3. The number of carboxylic acid groups (broad SMARTS) is 1. The highest BCUT2D eigenvalue weighted by atomic mass is 16.4. The van der Waals surface area contributed by atoms with Crippen molar-refractivity contribution in [2.24, 2.45) is 17.1 Å². The molecular weight excluding hydrogens is 274 g/mol. The zero-order valence-corrected chi connectivity index (χ0v) is 12.3. The van der Waals surface area contributed by atoms with E-state index in [-0.39, 0.29) is 23.9 Å². The van der Waals surface area contributed by atoms with Crippen molar-refractivity contribution in [2.75, 3.05) is 13.1 Å². The summed E-state index contributed by atoms with van der Waals surface area (Å²) in [4.78, 5) is 36.2. The van der Waals surface area contributed by atoms with Gasteiger partial charge in [-0.25, -0.2) is 4.79 Å². The summed E-state index contributed by atoms with van der Waals surface area (Å²) in [6.45, 7) is 2.59. The quantitative estimate of drug-likeness (QED) is 0.705. The summed E-state index contributed by atoms with van der Waals surface area (Å²) in [5.74, 6) is -1.56. The molecule has 1 aliphatic carbocycles. The Kier molecular flexibility index (Phi) is 4.39. The molecule has 2 fully saturated rings. The van der Waals surface area contributed by atoms with Gasteiger partial charge in [0.05, 0.1) is 11.3 Å². The van der Waals surface area contributed by atoms with E-state index in [1.165, 1.54) is 0 Å². The van der Waals surface area contributed by atoms with Gasteiger partial charge in [-0.05, 0) is 32.6 Å². The average Bonchev–Trinajstić information content (AvgIpc) is 2.83. The number of carboxylic acids is 1. The Morgan fingerprint density at radius 2 is 2.05 bits per heavy atom. The van der Waals surface area contributed by atoms with Gasteiger partial charge >= 0.3 is 12.0 Å². The Balaban J connectivity index is 1.88. The van der Waals surface area contributed by atoms with Gasteiger partial charge < -0.3 is 21.1 Å². The molecule has 21 heavy (non-hydrogen) atoms. The van der Waals surface area contributed by atoms with Gasteiger partial charge in [-0.2, -0.15) is 0 Å². The summed E-state index contributed by atoms with van der Waals surface area (Å²) in [5.41, 5.74) is 4.71. The van der Waals surface area contributed by atoms with Crippen LogP contribution in [-0.4, -0.2) is 47.0 Å². The first-order valence-electron chi connectivity index (χ1n) is 7.40. The number of hydrogen-bond donors (Lipinski definition) is 3. The molecule has 1 saturated carbocycles. The Morgan fingerprint density at radius 1 is 1.33 bits per heavy atom. The van der Waals surface area contributed by atoms with Crippen molar-refractivity contribution < 1.29 is 19.5 Å². The number of carbonyl (C=O) groups is 3. The van der Waals surface area contributed by atoms with E-state index in [0.717, 1.165) is 12.8 Å². The van der Waals surface area contributed by atoms with Gasteiger partial charge in [-0.3, -0.25) is 9.59 Å². The van der Waals surface area contributed by atoms with Crippen molar-refractivity contribution in [2.45, 2.75) is 45.1 Å². The van der Waals surface area contributed by atoms with E-state index in [0.29, 0.717) is 32.4 Å². The summed E-state index contributed by atoms with van der Waals surface area (Å²) >= 11 is 0. The number of nitrogens with one attached hydrogen (secondary N) is 1. The van der Waals surface area contributed by atoms with Gasteiger partial charge in [0.25, 0.3) is 0 Å².